The van der Waals surface area contributed by atoms with Gasteiger partial charge in [0.15, 0.2) is 5.13 Å². The van der Waals surface area contributed by atoms with Crippen molar-refractivity contribution in [2.24, 2.45) is 0 Å². The summed E-state index contributed by atoms with van der Waals surface area (Å²) in [6.45, 7) is 2.44. The van der Waals surface area contributed by atoms with Crippen LogP contribution in [0.3, 0.4) is 0 Å². The molecule has 6 heteroatoms. The molecular formula is C14H13N3OS2. The van der Waals surface area contributed by atoms with E-state index in [1.807, 2.05) is 17.6 Å². The molecule has 0 spiro atoms. The highest BCUT2D eigenvalue weighted by Crippen LogP contribution is 2.32. The Kier molecular flexibility index (Phi) is 3.14. The van der Waals surface area contributed by atoms with Gasteiger partial charge >= 0.3 is 0 Å². The molecule has 3 heterocycles. The highest BCUT2D eigenvalue weighted by molar-refractivity contribution is 7.22. The number of fused-ring (bicyclic) bond motifs is 1. The lowest BCUT2D eigenvalue weighted by Crippen LogP contribution is -2.38. The third-order valence-electron chi connectivity index (χ3n) is 3.35. The minimum Gasteiger partial charge on any atom is -0.367 e. The Morgan fingerprint density at radius 3 is 3.10 bits per heavy atom. The van der Waals surface area contributed by atoms with Gasteiger partial charge in [-0.05, 0) is 12.1 Å². The van der Waals surface area contributed by atoms with Crippen LogP contribution >= 0.6 is 22.7 Å². The van der Waals surface area contributed by atoms with Crippen molar-refractivity contribution in [1.82, 2.24) is 9.97 Å². The van der Waals surface area contributed by atoms with Gasteiger partial charge in [-0.2, -0.15) is 0 Å². The molecule has 0 saturated carbocycles. The Bertz CT molecular complexity index is 677. The van der Waals surface area contributed by atoms with Gasteiger partial charge in [-0.1, -0.05) is 23.5 Å². The molecule has 0 bridgehead atoms. The van der Waals surface area contributed by atoms with Crippen molar-refractivity contribution in [2.45, 2.75) is 6.10 Å². The average molecular weight is 303 g/mol. The monoisotopic (exact) mass is 303 g/mol. The SMILES string of the molecule is c1ccc2sc(N3CCOC(c4nccs4)C3)nc2c1. The Balaban J connectivity index is 1.61. The summed E-state index contributed by atoms with van der Waals surface area (Å²) < 4.78 is 7.07. The highest BCUT2D eigenvalue weighted by atomic mass is 32.1. The summed E-state index contributed by atoms with van der Waals surface area (Å²) in [5, 5.41) is 4.13. The van der Waals surface area contributed by atoms with E-state index in [0.717, 1.165) is 35.4 Å². The van der Waals surface area contributed by atoms with Gasteiger partial charge in [-0.25, -0.2) is 9.97 Å². The van der Waals surface area contributed by atoms with Crippen LogP contribution in [0.15, 0.2) is 35.8 Å². The van der Waals surface area contributed by atoms with Gasteiger partial charge in [0.2, 0.25) is 0 Å². The molecule has 1 atom stereocenters. The van der Waals surface area contributed by atoms with Gasteiger partial charge in [0.05, 0.1) is 23.4 Å². The number of thiazole rings is 2. The number of anilines is 1. The standard InChI is InChI=1S/C14H13N3OS2/c1-2-4-12-10(3-1)16-14(20-12)17-6-7-18-11(9-17)13-15-5-8-19-13/h1-5,8,11H,6-7,9H2. The summed E-state index contributed by atoms with van der Waals surface area (Å²) in [6.07, 6.45) is 1.90. The molecule has 0 N–H and O–H groups in total. The topological polar surface area (TPSA) is 38.2 Å². The maximum atomic E-state index is 5.83. The molecule has 3 aromatic rings. The van der Waals surface area contributed by atoms with Gasteiger partial charge in [0.1, 0.15) is 11.1 Å². The van der Waals surface area contributed by atoms with E-state index >= 15 is 0 Å². The molecule has 1 fully saturated rings. The van der Waals surface area contributed by atoms with Crippen molar-refractivity contribution in [3.8, 4) is 0 Å². The first-order chi connectivity index (χ1) is 9.90. The summed E-state index contributed by atoms with van der Waals surface area (Å²) in [6, 6.07) is 8.27. The molecule has 1 aliphatic heterocycles. The molecule has 0 aliphatic carbocycles. The Hall–Kier alpha value is -1.50. The highest BCUT2D eigenvalue weighted by Gasteiger charge is 2.25. The zero-order valence-electron chi connectivity index (χ0n) is 10.7. The van der Waals surface area contributed by atoms with Crippen LogP contribution in [0.25, 0.3) is 10.2 Å². The van der Waals surface area contributed by atoms with E-state index in [9.17, 15) is 0 Å². The van der Waals surface area contributed by atoms with Crippen molar-refractivity contribution >= 4 is 38.0 Å². The number of rotatable bonds is 2. The van der Waals surface area contributed by atoms with Gasteiger partial charge in [-0.3, -0.25) is 0 Å². The van der Waals surface area contributed by atoms with Gasteiger partial charge in [0, 0.05) is 18.1 Å². The Labute approximate surface area is 124 Å². The van der Waals surface area contributed by atoms with E-state index in [1.54, 1.807) is 22.7 Å². The second-order valence-electron chi connectivity index (χ2n) is 4.64. The van der Waals surface area contributed by atoms with Gasteiger partial charge in [-0.15, -0.1) is 11.3 Å². The molecular weight excluding hydrogens is 290 g/mol. The Morgan fingerprint density at radius 2 is 2.25 bits per heavy atom. The summed E-state index contributed by atoms with van der Waals surface area (Å²) >= 11 is 3.40. The molecule has 1 aromatic carbocycles. The van der Waals surface area contributed by atoms with E-state index in [2.05, 4.69) is 28.1 Å². The minimum atomic E-state index is 0.0655. The van der Waals surface area contributed by atoms with E-state index in [4.69, 9.17) is 9.72 Å². The number of morpholine rings is 1. The third kappa shape index (κ3) is 2.19. The van der Waals surface area contributed by atoms with Crippen LogP contribution in [-0.4, -0.2) is 29.7 Å². The van der Waals surface area contributed by atoms with E-state index < -0.39 is 0 Å². The number of hydrogen-bond donors (Lipinski definition) is 0. The lowest BCUT2D eigenvalue weighted by Gasteiger charge is -2.31. The zero-order chi connectivity index (χ0) is 13.4. The smallest absolute Gasteiger partial charge is 0.186 e. The number of para-hydroxylation sites is 1. The predicted octanol–water partition coefficient (Wildman–Crippen LogP) is 3.33. The van der Waals surface area contributed by atoms with Crippen molar-refractivity contribution in [1.29, 1.82) is 0 Å². The third-order valence-corrected chi connectivity index (χ3v) is 5.31. The Morgan fingerprint density at radius 1 is 1.30 bits per heavy atom. The first kappa shape index (κ1) is 12.3. The molecule has 1 unspecified atom stereocenters. The number of hydrogen-bond acceptors (Lipinski definition) is 6. The molecule has 0 radical (unpaired) electrons. The van der Waals surface area contributed by atoms with Crippen LogP contribution in [0.4, 0.5) is 5.13 Å². The van der Waals surface area contributed by atoms with Crippen LogP contribution in [-0.2, 0) is 4.74 Å². The first-order valence-electron chi connectivity index (χ1n) is 6.52. The fourth-order valence-corrected chi connectivity index (χ4v) is 4.04. The number of nitrogens with zero attached hydrogens (tertiary/aromatic N) is 3. The van der Waals surface area contributed by atoms with Crippen molar-refractivity contribution in [3.63, 3.8) is 0 Å². The fraction of sp³-hybridized carbons (Fsp3) is 0.286. The molecule has 2 aromatic heterocycles. The second-order valence-corrected chi connectivity index (χ2v) is 6.58. The van der Waals surface area contributed by atoms with Crippen LogP contribution in [0.1, 0.15) is 11.1 Å². The predicted molar refractivity (Wildman–Crippen MR) is 82.6 cm³/mol. The number of ether oxygens (including phenoxy) is 1. The normalized spacial score (nSPS) is 19.6. The summed E-state index contributed by atoms with van der Waals surface area (Å²) in [5.41, 5.74) is 1.07. The molecule has 1 aliphatic rings. The van der Waals surface area contributed by atoms with Crippen LogP contribution in [0.2, 0.25) is 0 Å². The number of aromatic nitrogens is 2. The lowest BCUT2D eigenvalue weighted by molar-refractivity contribution is 0.0396. The molecule has 20 heavy (non-hydrogen) atoms. The summed E-state index contributed by atoms with van der Waals surface area (Å²) in [4.78, 5) is 11.4. The summed E-state index contributed by atoms with van der Waals surface area (Å²) in [7, 11) is 0. The molecule has 102 valence electrons. The zero-order valence-corrected chi connectivity index (χ0v) is 12.4. The van der Waals surface area contributed by atoms with Gasteiger partial charge in [0.25, 0.3) is 0 Å². The fourth-order valence-electron chi connectivity index (χ4n) is 2.36. The molecule has 4 nitrogen and oxygen atoms in total. The van der Waals surface area contributed by atoms with Crippen molar-refractivity contribution in [2.75, 3.05) is 24.6 Å². The molecule has 4 rings (SSSR count). The van der Waals surface area contributed by atoms with Crippen molar-refractivity contribution in [3.05, 3.63) is 40.8 Å². The largest absolute Gasteiger partial charge is 0.367 e. The second kappa shape index (κ2) is 5.12. The van der Waals surface area contributed by atoms with Gasteiger partial charge < -0.3 is 9.64 Å². The van der Waals surface area contributed by atoms with Crippen molar-refractivity contribution < 1.29 is 4.74 Å². The number of benzene rings is 1. The lowest BCUT2D eigenvalue weighted by atomic mass is 10.3. The summed E-state index contributed by atoms with van der Waals surface area (Å²) in [5.74, 6) is 0. The van der Waals surface area contributed by atoms with Crippen LogP contribution < -0.4 is 4.90 Å². The van der Waals surface area contributed by atoms with E-state index in [1.165, 1.54) is 4.70 Å². The van der Waals surface area contributed by atoms with Crippen LogP contribution in [0.5, 0.6) is 0 Å². The molecule has 0 amide bonds. The van der Waals surface area contributed by atoms with E-state index in [-0.39, 0.29) is 6.10 Å². The average Bonchev–Trinajstić information content (AvgIpc) is 3.16. The molecule has 1 saturated heterocycles. The first-order valence-corrected chi connectivity index (χ1v) is 8.21. The van der Waals surface area contributed by atoms with Crippen LogP contribution in [0, 0.1) is 0 Å². The maximum absolute atomic E-state index is 5.83. The maximum Gasteiger partial charge on any atom is 0.186 e. The quantitative estimate of drug-likeness (QED) is 0.728. The minimum absolute atomic E-state index is 0.0655. The van der Waals surface area contributed by atoms with E-state index in [0.29, 0.717) is 0 Å².